The fourth-order valence-electron chi connectivity index (χ4n) is 4.52. The Bertz CT molecular complexity index is 1110. The van der Waals surface area contributed by atoms with Crippen LogP contribution in [0.25, 0.3) is 0 Å². The van der Waals surface area contributed by atoms with Gasteiger partial charge in [-0.2, -0.15) is 0 Å². The van der Waals surface area contributed by atoms with E-state index in [0.717, 1.165) is 30.6 Å². The standard InChI is InChI=1S/C27H31N3O4S/c1-33-20-13-14-24(34-2)22(17-20)25(26(31)29-19-9-4-3-5-10-19)30(18-21-11-8-16-35-21)27(32)23-12-6-7-15-28-23/h6-8,11-17,19,25H,3-5,9-10,18H2,1-2H3,(H,29,31)/t25-/m1/s1. The van der Waals surface area contributed by atoms with Crippen LogP contribution in [0.4, 0.5) is 0 Å². The number of ether oxygens (including phenoxy) is 2. The van der Waals surface area contributed by atoms with E-state index in [1.165, 1.54) is 17.8 Å². The lowest BCUT2D eigenvalue weighted by molar-refractivity contribution is -0.127. The van der Waals surface area contributed by atoms with Gasteiger partial charge in [0.05, 0.1) is 20.8 Å². The number of nitrogens with one attached hydrogen (secondary N) is 1. The Labute approximate surface area is 210 Å². The molecule has 1 aliphatic rings. The van der Waals surface area contributed by atoms with Crippen LogP contribution in [-0.2, 0) is 11.3 Å². The first kappa shape index (κ1) is 24.7. The van der Waals surface area contributed by atoms with Crippen molar-refractivity contribution in [3.05, 3.63) is 76.2 Å². The molecule has 8 heteroatoms. The average molecular weight is 494 g/mol. The third kappa shape index (κ3) is 6.00. The van der Waals surface area contributed by atoms with Gasteiger partial charge in [0.25, 0.3) is 5.91 Å². The molecule has 0 aliphatic heterocycles. The van der Waals surface area contributed by atoms with E-state index in [1.807, 2.05) is 17.5 Å². The quantitative estimate of drug-likeness (QED) is 0.454. The molecule has 1 N–H and O–H groups in total. The maximum Gasteiger partial charge on any atom is 0.273 e. The number of hydrogen-bond donors (Lipinski definition) is 1. The van der Waals surface area contributed by atoms with Gasteiger partial charge in [0.15, 0.2) is 0 Å². The number of benzene rings is 1. The van der Waals surface area contributed by atoms with Gasteiger partial charge in [0.2, 0.25) is 5.91 Å². The number of rotatable bonds is 9. The van der Waals surface area contributed by atoms with Crippen LogP contribution in [0.15, 0.2) is 60.1 Å². The summed E-state index contributed by atoms with van der Waals surface area (Å²) in [5.41, 5.74) is 0.849. The fourth-order valence-corrected chi connectivity index (χ4v) is 5.22. The van der Waals surface area contributed by atoms with E-state index in [1.54, 1.807) is 61.7 Å². The minimum absolute atomic E-state index is 0.0869. The highest BCUT2D eigenvalue weighted by Gasteiger charge is 2.36. The largest absolute Gasteiger partial charge is 0.497 e. The Morgan fingerprint density at radius 3 is 2.57 bits per heavy atom. The number of amides is 2. The van der Waals surface area contributed by atoms with Gasteiger partial charge in [-0.1, -0.05) is 31.4 Å². The van der Waals surface area contributed by atoms with E-state index >= 15 is 0 Å². The van der Waals surface area contributed by atoms with Gasteiger partial charge >= 0.3 is 0 Å². The molecule has 7 nitrogen and oxygen atoms in total. The van der Waals surface area contributed by atoms with Crippen LogP contribution in [-0.4, -0.2) is 42.0 Å². The molecule has 1 saturated carbocycles. The summed E-state index contributed by atoms with van der Waals surface area (Å²) in [4.78, 5) is 34.7. The highest BCUT2D eigenvalue weighted by Crippen LogP contribution is 2.35. The highest BCUT2D eigenvalue weighted by atomic mass is 32.1. The minimum atomic E-state index is -0.932. The van der Waals surface area contributed by atoms with Crippen LogP contribution in [0.5, 0.6) is 11.5 Å². The lowest BCUT2D eigenvalue weighted by Gasteiger charge is -2.33. The molecule has 0 bridgehead atoms. The predicted octanol–water partition coefficient (Wildman–Crippen LogP) is 4.99. The van der Waals surface area contributed by atoms with E-state index in [4.69, 9.17) is 9.47 Å². The average Bonchev–Trinajstić information content (AvgIpc) is 3.42. The number of aromatic nitrogens is 1. The van der Waals surface area contributed by atoms with Crippen molar-refractivity contribution in [3.8, 4) is 11.5 Å². The highest BCUT2D eigenvalue weighted by molar-refractivity contribution is 7.09. The summed E-state index contributed by atoms with van der Waals surface area (Å²) in [7, 11) is 3.14. The summed E-state index contributed by atoms with van der Waals surface area (Å²) in [5.74, 6) is 0.536. The Kier molecular flexibility index (Phi) is 8.36. The smallest absolute Gasteiger partial charge is 0.273 e. The Hall–Kier alpha value is -3.39. The van der Waals surface area contributed by atoms with Gasteiger partial charge < -0.3 is 19.7 Å². The first-order valence-corrected chi connectivity index (χ1v) is 12.8. The molecule has 35 heavy (non-hydrogen) atoms. The first-order valence-electron chi connectivity index (χ1n) is 11.9. The monoisotopic (exact) mass is 493 g/mol. The van der Waals surface area contributed by atoms with Crippen molar-refractivity contribution in [1.82, 2.24) is 15.2 Å². The van der Waals surface area contributed by atoms with Crippen molar-refractivity contribution < 1.29 is 19.1 Å². The maximum atomic E-state index is 14.0. The number of hydrogen-bond acceptors (Lipinski definition) is 6. The molecule has 2 amide bonds. The topological polar surface area (TPSA) is 80.8 Å². The second kappa shape index (κ2) is 11.8. The molecular weight excluding hydrogens is 462 g/mol. The fraction of sp³-hybridized carbons (Fsp3) is 0.370. The summed E-state index contributed by atoms with van der Waals surface area (Å²) < 4.78 is 11.1. The summed E-state index contributed by atoms with van der Waals surface area (Å²) in [6.07, 6.45) is 6.81. The summed E-state index contributed by atoms with van der Waals surface area (Å²) in [5, 5.41) is 5.19. The lowest BCUT2D eigenvalue weighted by atomic mass is 9.94. The zero-order valence-electron chi connectivity index (χ0n) is 20.1. The van der Waals surface area contributed by atoms with Crippen LogP contribution in [0.3, 0.4) is 0 Å². The van der Waals surface area contributed by atoms with Gasteiger partial charge in [-0.25, -0.2) is 0 Å². The van der Waals surface area contributed by atoms with Gasteiger partial charge in [-0.05, 0) is 54.6 Å². The molecule has 3 aromatic rings. The van der Waals surface area contributed by atoms with Crippen LogP contribution < -0.4 is 14.8 Å². The number of nitrogens with zero attached hydrogens (tertiary/aromatic N) is 2. The molecule has 0 saturated heterocycles. The van der Waals surface area contributed by atoms with Crippen molar-refractivity contribution >= 4 is 23.2 Å². The number of thiophene rings is 1. The Balaban J connectivity index is 1.80. The molecule has 1 fully saturated rings. The van der Waals surface area contributed by atoms with Crippen molar-refractivity contribution in [1.29, 1.82) is 0 Å². The van der Waals surface area contributed by atoms with Crippen molar-refractivity contribution in [2.24, 2.45) is 0 Å². The van der Waals surface area contributed by atoms with Crippen LogP contribution in [0, 0.1) is 0 Å². The van der Waals surface area contributed by atoms with Crippen molar-refractivity contribution in [2.75, 3.05) is 14.2 Å². The number of carbonyl (C=O) groups is 2. The van der Waals surface area contributed by atoms with Gasteiger partial charge in [-0.3, -0.25) is 14.6 Å². The second-order valence-corrected chi connectivity index (χ2v) is 9.61. The zero-order valence-corrected chi connectivity index (χ0v) is 20.9. The van der Waals surface area contributed by atoms with E-state index in [2.05, 4.69) is 10.3 Å². The molecule has 1 aromatic carbocycles. The number of pyridine rings is 1. The lowest BCUT2D eigenvalue weighted by Crippen LogP contribution is -2.47. The Morgan fingerprint density at radius 1 is 1.09 bits per heavy atom. The molecule has 1 atom stereocenters. The Morgan fingerprint density at radius 2 is 1.91 bits per heavy atom. The van der Waals surface area contributed by atoms with Crippen LogP contribution >= 0.6 is 11.3 Å². The molecule has 1 aliphatic carbocycles. The summed E-state index contributed by atoms with van der Waals surface area (Å²) in [6, 6.07) is 13.6. The number of carbonyl (C=O) groups excluding carboxylic acids is 2. The molecular formula is C27H31N3O4S. The molecule has 0 radical (unpaired) electrons. The molecule has 0 unspecified atom stereocenters. The van der Waals surface area contributed by atoms with Crippen molar-refractivity contribution in [3.63, 3.8) is 0 Å². The third-order valence-corrected chi connectivity index (χ3v) is 7.16. The molecule has 2 aromatic heterocycles. The predicted molar refractivity (Wildman–Crippen MR) is 136 cm³/mol. The first-order chi connectivity index (χ1) is 17.1. The van der Waals surface area contributed by atoms with Crippen molar-refractivity contribution in [2.45, 2.75) is 50.7 Å². The SMILES string of the molecule is COc1ccc(OC)c([C@H](C(=O)NC2CCCCC2)N(Cc2cccs2)C(=O)c2ccccn2)c1. The third-order valence-electron chi connectivity index (χ3n) is 6.29. The van der Waals surface area contributed by atoms with E-state index in [9.17, 15) is 9.59 Å². The second-order valence-electron chi connectivity index (χ2n) is 8.58. The van der Waals surface area contributed by atoms with Crippen LogP contribution in [0.1, 0.15) is 59.1 Å². The normalized spacial score (nSPS) is 14.7. The van der Waals surface area contributed by atoms with E-state index in [-0.39, 0.29) is 30.1 Å². The van der Waals surface area contributed by atoms with Gasteiger partial charge in [0.1, 0.15) is 23.2 Å². The zero-order chi connectivity index (χ0) is 24.6. The molecule has 184 valence electrons. The van der Waals surface area contributed by atoms with Gasteiger partial charge in [-0.15, -0.1) is 11.3 Å². The maximum absolute atomic E-state index is 14.0. The molecule has 0 spiro atoms. The van der Waals surface area contributed by atoms with Crippen LogP contribution in [0.2, 0.25) is 0 Å². The summed E-state index contributed by atoms with van der Waals surface area (Å²) >= 11 is 1.54. The summed E-state index contributed by atoms with van der Waals surface area (Å²) in [6.45, 7) is 0.260. The van der Waals surface area contributed by atoms with E-state index in [0.29, 0.717) is 17.1 Å². The minimum Gasteiger partial charge on any atom is -0.497 e. The van der Waals surface area contributed by atoms with E-state index < -0.39 is 6.04 Å². The molecule has 2 heterocycles. The van der Waals surface area contributed by atoms with Gasteiger partial charge in [0, 0.05) is 22.7 Å². The number of methoxy groups -OCH3 is 2. The molecule has 4 rings (SSSR count).